The predicted molar refractivity (Wildman–Crippen MR) is 140 cm³/mol. The molecule has 0 fully saturated rings. The Morgan fingerprint density at radius 1 is 1.00 bits per heavy atom. The Bertz CT molecular complexity index is 1330. The average Bonchev–Trinajstić information content (AvgIpc) is 2.97. The van der Waals surface area contributed by atoms with Gasteiger partial charge in [-0.15, -0.1) is 0 Å². The van der Waals surface area contributed by atoms with Crippen molar-refractivity contribution in [2.24, 2.45) is 5.41 Å². The average molecular weight is 484 g/mol. The molecular formula is C30H30FN3O2. The highest BCUT2D eigenvalue weighted by molar-refractivity contribution is 6.01. The molecule has 5 rings (SSSR count). The predicted octanol–water partition coefficient (Wildman–Crippen LogP) is 5.76. The third-order valence-electron chi connectivity index (χ3n) is 6.85. The molecule has 1 unspecified atom stereocenters. The minimum atomic E-state index is -0.733. The molecule has 1 atom stereocenters. The van der Waals surface area contributed by atoms with Gasteiger partial charge in [-0.05, 0) is 35.6 Å². The molecule has 0 aromatic heterocycles. The summed E-state index contributed by atoms with van der Waals surface area (Å²) in [5.74, 6) is -0.631. The van der Waals surface area contributed by atoms with E-state index in [1.165, 1.54) is 6.07 Å². The van der Waals surface area contributed by atoms with E-state index >= 15 is 4.39 Å². The fourth-order valence-electron chi connectivity index (χ4n) is 5.25. The van der Waals surface area contributed by atoms with Gasteiger partial charge in [0.05, 0.1) is 24.0 Å². The molecule has 0 spiro atoms. The van der Waals surface area contributed by atoms with Crippen LogP contribution in [0.15, 0.2) is 90.1 Å². The molecule has 2 N–H and O–H groups in total. The molecule has 6 heteroatoms. The number of rotatable bonds is 5. The number of fused-ring (bicyclic) bond motifs is 1. The van der Waals surface area contributed by atoms with Gasteiger partial charge in [0.1, 0.15) is 5.82 Å². The monoisotopic (exact) mass is 483 g/mol. The highest BCUT2D eigenvalue weighted by atomic mass is 19.1. The molecule has 3 aromatic rings. The van der Waals surface area contributed by atoms with E-state index in [1.807, 2.05) is 59.5 Å². The Balaban J connectivity index is 1.60. The normalized spacial score (nSPS) is 18.6. The number of benzene rings is 3. The second-order valence-corrected chi connectivity index (χ2v) is 10.3. The van der Waals surface area contributed by atoms with Crippen LogP contribution in [0.4, 0.5) is 15.8 Å². The molecule has 3 aromatic carbocycles. The minimum Gasteiger partial charge on any atom is -0.357 e. The summed E-state index contributed by atoms with van der Waals surface area (Å²) in [7, 11) is 0. The third kappa shape index (κ3) is 4.76. The first kappa shape index (κ1) is 23.8. The number of nitrogens with one attached hydrogen (secondary N) is 2. The molecule has 5 nitrogen and oxygen atoms in total. The number of para-hydroxylation sites is 2. The van der Waals surface area contributed by atoms with Crippen LogP contribution in [-0.2, 0) is 16.1 Å². The second-order valence-electron chi connectivity index (χ2n) is 10.3. The van der Waals surface area contributed by atoms with Crippen LogP contribution >= 0.6 is 0 Å². The lowest BCUT2D eigenvalue weighted by Crippen LogP contribution is -2.42. The van der Waals surface area contributed by atoms with Crippen molar-refractivity contribution < 1.29 is 14.0 Å². The van der Waals surface area contributed by atoms with Gasteiger partial charge in [0.2, 0.25) is 5.91 Å². The van der Waals surface area contributed by atoms with Crippen LogP contribution < -0.4 is 15.5 Å². The SMILES string of the molecule is CC1(C)CC(=O)C2=C(C1)Nc1ccccc1N(CC(=O)NCc1ccccc1)C2c1ccccc1F. The summed E-state index contributed by atoms with van der Waals surface area (Å²) in [5, 5.41) is 6.48. The van der Waals surface area contributed by atoms with Crippen molar-refractivity contribution in [3.05, 3.63) is 107 Å². The molecule has 0 saturated heterocycles. The smallest absolute Gasteiger partial charge is 0.239 e. The molecule has 0 bridgehead atoms. The van der Waals surface area contributed by atoms with Gasteiger partial charge in [0, 0.05) is 29.8 Å². The number of anilines is 2. The summed E-state index contributed by atoms with van der Waals surface area (Å²) in [6.07, 6.45) is 1.02. The first-order valence-electron chi connectivity index (χ1n) is 12.3. The van der Waals surface area contributed by atoms with Gasteiger partial charge in [-0.3, -0.25) is 9.59 Å². The number of amides is 1. The van der Waals surface area contributed by atoms with Crippen LogP contribution in [0, 0.1) is 11.2 Å². The molecule has 1 amide bonds. The van der Waals surface area contributed by atoms with Gasteiger partial charge in [-0.2, -0.15) is 0 Å². The van der Waals surface area contributed by atoms with Gasteiger partial charge >= 0.3 is 0 Å². The highest BCUT2D eigenvalue weighted by Crippen LogP contribution is 2.48. The minimum absolute atomic E-state index is 0.0236. The summed E-state index contributed by atoms with van der Waals surface area (Å²) in [5.41, 5.74) is 4.03. The van der Waals surface area contributed by atoms with Crippen LogP contribution in [0.5, 0.6) is 0 Å². The van der Waals surface area contributed by atoms with Crippen LogP contribution in [-0.4, -0.2) is 18.2 Å². The Morgan fingerprint density at radius 2 is 1.69 bits per heavy atom. The van der Waals surface area contributed by atoms with Crippen molar-refractivity contribution in [1.29, 1.82) is 0 Å². The quantitative estimate of drug-likeness (QED) is 0.485. The molecule has 1 heterocycles. The van der Waals surface area contributed by atoms with Crippen molar-refractivity contribution in [3.63, 3.8) is 0 Å². The Labute approximate surface area is 211 Å². The maximum absolute atomic E-state index is 15.3. The van der Waals surface area contributed by atoms with Crippen molar-refractivity contribution in [2.45, 2.75) is 39.3 Å². The lowest BCUT2D eigenvalue weighted by molar-refractivity contribution is -0.121. The van der Waals surface area contributed by atoms with Gasteiger partial charge < -0.3 is 15.5 Å². The van der Waals surface area contributed by atoms with E-state index in [1.54, 1.807) is 18.2 Å². The number of carbonyl (C=O) groups is 2. The number of hydrogen-bond acceptors (Lipinski definition) is 4. The molecule has 36 heavy (non-hydrogen) atoms. The molecular weight excluding hydrogens is 453 g/mol. The first-order chi connectivity index (χ1) is 17.3. The van der Waals surface area contributed by atoms with E-state index in [0.717, 1.165) is 22.6 Å². The Kier molecular flexibility index (Phi) is 6.35. The van der Waals surface area contributed by atoms with Gasteiger partial charge in [-0.25, -0.2) is 4.39 Å². The number of nitrogens with zero attached hydrogens (tertiary/aromatic N) is 1. The van der Waals surface area contributed by atoms with Crippen molar-refractivity contribution in [1.82, 2.24) is 5.32 Å². The largest absolute Gasteiger partial charge is 0.357 e. The fraction of sp³-hybridized carbons (Fsp3) is 0.267. The number of hydrogen-bond donors (Lipinski definition) is 2. The third-order valence-corrected chi connectivity index (χ3v) is 6.85. The topological polar surface area (TPSA) is 61.4 Å². The number of halogens is 1. The Hall–Kier alpha value is -3.93. The van der Waals surface area contributed by atoms with Gasteiger partial charge in [-0.1, -0.05) is 74.5 Å². The van der Waals surface area contributed by atoms with E-state index in [-0.39, 0.29) is 23.7 Å². The van der Waals surface area contributed by atoms with E-state index in [2.05, 4.69) is 24.5 Å². The molecule has 184 valence electrons. The standard InChI is InChI=1S/C30H30FN3O2/c1-30(2)16-24-28(26(35)17-30)29(21-12-6-7-13-22(21)31)34(25-15-9-8-14-23(25)33-24)19-27(36)32-18-20-10-4-3-5-11-20/h3-15,29,33H,16-19H2,1-2H3,(H,32,36). The lowest BCUT2D eigenvalue weighted by atomic mass is 9.73. The molecule has 1 aliphatic carbocycles. The van der Waals surface area contributed by atoms with Crippen LogP contribution in [0.1, 0.15) is 43.9 Å². The number of Topliss-reactive ketones (excluding diaryl/α,β-unsaturated/α-hetero) is 1. The Morgan fingerprint density at radius 3 is 2.47 bits per heavy atom. The molecule has 0 radical (unpaired) electrons. The first-order valence-corrected chi connectivity index (χ1v) is 12.3. The molecule has 0 saturated carbocycles. The fourth-order valence-corrected chi connectivity index (χ4v) is 5.25. The van der Waals surface area contributed by atoms with Crippen molar-refractivity contribution in [2.75, 3.05) is 16.8 Å². The van der Waals surface area contributed by atoms with Gasteiger partial charge in [0.25, 0.3) is 0 Å². The maximum atomic E-state index is 15.3. The van der Waals surface area contributed by atoms with Gasteiger partial charge in [0.15, 0.2) is 5.78 Å². The molecule has 2 aliphatic rings. The van der Waals surface area contributed by atoms with Crippen LogP contribution in [0.2, 0.25) is 0 Å². The van der Waals surface area contributed by atoms with Crippen molar-refractivity contribution in [3.8, 4) is 0 Å². The summed E-state index contributed by atoms with van der Waals surface area (Å²) < 4.78 is 15.3. The number of allylic oxidation sites excluding steroid dienone is 1. The maximum Gasteiger partial charge on any atom is 0.239 e. The zero-order valence-electron chi connectivity index (χ0n) is 20.6. The zero-order chi connectivity index (χ0) is 25.3. The highest BCUT2D eigenvalue weighted by Gasteiger charge is 2.42. The molecule has 1 aliphatic heterocycles. The lowest BCUT2D eigenvalue weighted by Gasteiger charge is -2.38. The van der Waals surface area contributed by atoms with E-state index in [9.17, 15) is 9.59 Å². The van der Waals surface area contributed by atoms with E-state index in [0.29, 0.717) is 30.5 Å². The second kappa shape index (κ2) is 9.61. The zero-order valence-corrected chi connectivity index (χ0v) is 20.6. The van der Waals surface area contributed by atoms with Crippen molar-refractivity contribution >= 4 is 23.1 Å². The summed E-state index contributed by atoms with van der Waals surface area (Å²) in [6, 6.07) is 23.1. The van der Waals surface area contributed by atoms with E-state index < -0.39 is 11.9 Å². The van der Waals surface area contributed by atoms with E-state index in [4.69, 9.17) is 0 Å². The van der Waals surface area contributed by atoms with Crippen LogP contribution in [0.3, 0.4) is 0 Å². The number of carbonyl (C=O) groups excluding carboxylic acids is 2. The summed E-state index contributed by atoms with van der Waals surface area (Å²) in [6.45, 7) is 4.50. The summed E-state index contributed by atoms with van der Waals surface area (Å²) >= 11 is 0. The van der Waals surface area contributed by atoms with Crippen LogP contribution in [0.25, 0.3) is 0 Å². The number of ketones is 1. The summed E-state index contributed by atoms with van der Waals surface area (Å²) in [4.78, 5) is 28.7.